The van der Waals surface area contributed by atoms with E-state index in [0.29, 0.717) is 6.04 Å². The van der Waals surface area contributed by atoms with Crippen molar-refractivity contribution in [3.63, 3.8) is 0 Å². The van der Waals surface area contributed by atoms with E-state index in [-0.39, 0.29) is 0 Å². The smallest absolute Gasteiger partial charge is 0.123 e. The number of aryl methyl sites for hydroxylation is 1. The Bertz CT molecular complexity index is 606. The van der Waals surface area contributed by atoms with Crippen LogP contribution in [0.5, 0.6) is 5.75 Å². The maximum Gasteiger partial charge on any atom is 0.123 e. The third-order valence-electron chi connectivity index (χ3n) is 4.27. The summed E-state index contributed by atoms with van der Waals surface area (Å²) in [6.45, 7) is 3.40. The molecule has 2 heterocycles. The Hall–Kier alpha value is -1.98. The highest BCUT2D eigenvalue weighted by molar-refractivity contribution is 5.33. The fourth-order valence-corrected chi connectivity index (χ4v) is 2.99. The molecule has 5 nitrogen and oxygen atoms in total. The number of rotatable bonds is 6. The monoisotopic (exact) mass is 313 g/mol. The second-order valence-electron chi connectivity index (χ2n) is 5.75. The summed E-state index contributed by atoms with van der Waals surface area (Å²) in [5, 5.41) is 0. The van der Waals surface area contributed by atoms with Gasteiger partial charge in [-0.2, -0.15) is 0 Å². The van der Waals surface area contributed by atoms with Crippen molar-refractivity contribution in [1.29, 1.82) is 0 Å². The van der Waals surface area contributed by atoms with E-state index in [0.717, 1.165) is 50.6 Å². The highest BCUT2D eigenvalue weighted by Crippen LogP contribution is 2.22. The minimum Gasteiger partial charge on any atom is -0.496 e. The van der Waals surface area contributed by atoms with Gasteiger partial charge < -0.3 is 9.47 Å². The SMILES string of the molecule is COc1ccccc1CN1CCOCC1CCc1cnccn1. The molecule has 1 atom stereocenters. The zero-order valence-electron chi connectivity index (χ0n) is 13.5. The average Bonchev–Trinajstić information content (AvgIpc) is 2.62. The minimum absolute atomic E-state index is 0.399. The summed E-state index contributed by atoms with van der Waals surface area (Å²) in [6.07, 6.45) is 7.24. The lowest BCUT2D eigenvalue weighted by molar-refractivity contribution is -0.0146. The molecule has 0 aliphatic carbocycles. The van der Waals surface area contributed by atoms with Gasteiger partial charge in [-0.1, -0.05) is 18.2 Å². The molecule has 1 aromatic carbocycles. The predicted octanol–water partition coefficient (Wildman–Crippen LogP) is 2.32. The van der Waals surface area contributed by atoms with Crippen LogP contribution in [0.3, 0.4) is 0 Å². The van der Waals surface area contributed by atoms with Crippen molar-refractivity contribution < 1.29 is 9.47 Å². The van der Waals surface area contributed by atoms with Crippen molar-refractivity contribution >= 4 is 0 Å². The molecule has 0 N–H and O–H groups in total. The lowest BCUT2D eigenvalue weighted by Crippen LogP contribution is -2.45. The third kappa shape index (κ3) is 4.27. The molecular weight excluding hydrogens is 290 g/mol. The fraction of sp³-hybridized carbons (Fsp3) is 0.444. The lowest BCUT2D eigenvalue weighted by Gasteiger charge is -2.36. The highest BCUT2D eigenvalue weighted by Gasteiger charge is 2.23. The van der Waals surface area contributed by atoms with Crippen LogP contribution in [0.1, 0.15) is 17.7 Å². The number of nitrogens with zero attached hydrogens (tertiary/aromatic N) is 3. The van der Waals surface area contributed by atoms with E-state index in [1.54, 1.807) is 19.5 Å². The zero-order valence-corrected chi connectivity index (χ0v) is 13.5. The largest absolute Gasteiger partial charge is 0.496 e. The van der Waals surface area contributed by atoms with E-state index in [1.807, 2.05) is 18.3 Å². The fourth-order valence-electron chi connectivity index (χ4n) is 2.99. The molecule has 1 saturated heterocycles. The molecule has 122 valence electrons. The van der Waals surface area contributed by atoms with Crippen LogP contribution < -0.4 is 4.74 Å². The first-order chi connectivity index (χ1) is 11.4. The van der Waals surface area contributed by atoms with Gasteiger partial charge in [-0.15, -0.1) is 0 Å². The zero-order chi connectivity index (χ0) is 15.9. The highest BCUT2D eigenvalue weighted by atomic mass is 16.5. The van der Waals surface area contributed by atoms with Gasteiger partial charge in [0.2, 0.25) is 0 Å². The van der Waals surface area contributed by atoms with Gasteiger partial charge >= 0.3 is 0 Å². The van der Waals surface area contributed by atoms with Crippen molar-refractivity contribution in [2.24, 2.45) is 0 Å². The Balaban J connectivity index is 1.64. The summed E-state index contributed by atoms with van der Waals surface area (Å²) >= 11 is 0. The quantitative estimate of drug-likeness (QED) is 0.819. The van der Waals surface area contributed by atoms with Gasteiger partial charge in [0.1, 0.15) is 5.75 Å². The first kappa shape index (κ1) is 15.9. The molecule has 0 saturated carbocycles. The first-order valence-corrected chi connectivity index (χ1v) is 8.05. The van der Waals surface area contributed by atoms with E-state index < -0.39 is 0 Å². The van der Waals surface area contributed by atoms with Crippen molar-refractivity contribution in [3.8, 4) is 5.75 Å². The molecule has 1 unspecified atom stereocenters. The number of hydrogen-bond donors (Lipinski definition) is 0. The van der Waals surface area contributed by atoms with E-state index in [9.17, 15) is 0 Å². The maximum atomic E-state index is 5.69. The number of morpholine rings is 1. The molecular formula is C18H23N3O2. The summed E-state index contributed by atoms with van der Waals surface area (Å²) < 4.78 is 11.2. The predicted molar refractivity (Wildman–Crippen MR) is 88.4 cm³/mol. The normalized spacial score (nSPS) is 18.7. The molecule has 1 aliphatic rings. The van der Waals surface area contributed by atoms with Gasteiger partial charge in [-0.25, -0.2) is 0 Å². The van der Waals surface area contributed by atoms with Gasteiger partial charge in [-0.3, -0.25) is 14.9 Å². The maximum absolute atomic E-state index is 5.69. The van der Waals surface area contributed by atoms with Crippen molar-refractivity contribution in [2.45, 2.75) is 25.4 Å². The van der Waals surface area contributed by atoms with Crippen LogP contribution in [0.4, 0.5) is 0 Å². The standard InChI is InChI=1S/C18H23N3O2/c1-22-18-5-3-2-4-15(18)13-21-10-11-23-14-17(21)7-6-16-12-19-8-9-20-16/h2-5,8-9,12,17H,6-7,10-11,13-14H2,1H3. The van der Waals surface area contributed by atoms with Crippen molar-refractivity contribution in [1.82, 2.24) is 14.9 Å². The average molecular weight is 313 g/mol. The van der Waals surface area contributed by atoms with Crippen LogP contribution in [0.15, 0.2) is 42.9 Å². The molecule has 0 radical (unpaired) electrons. The molecule has 3 rings (SSSR count). The number of aromatic nitrogens is 2. The van der Waals surface area contributed by atoms with E-state index in [1.165, 1.54) is 5.56 Å². The van der Waals surface area contributed by atoms with E-state index >= 15 is 0 Å². The molecule has 23 heavy (non-hydrogen) atoms. The van der Waals surface area contributed by atoms with Gasteiger partial charge in [0, 0.05) is 43.3 Å². The van der Waals surface area contributed by atoms with Crippen LogP contribution in [0, 0.1) is 0 Å². The number of benzene rings is 1. The summed E-state index contributed by atoms with van der Waals surface area (Å²) in [7, 11) is 1.73. The molecule has 1 fully saturated rings. The third-order valence-corrected chi connectivity index (χ3v) is 4.27. The molecule has 1 aromatic heterocycles. The summed E-state index contributed by atoms with van der Waals surface area (Å²) in [6, 6.07) is 8.62. The Morgan fingerprint density at radius 1 is 1.30 bits per heavy atom. The molecule has 0 spiro atoms. The Morgan fingerprint density at radius 2 is 2.22 bits per heavy atom. The van der Waals surface area contributed by atoms with Gasteiger partial charge in [-0.05, 0) is 18.9 Å². The van der Waals surface area contributed by atoms with Crippen molar-refractivity contribution in [3.05, 3.63) is 54.1 Å². The number of ether oxygens (including phenoxy) is 2. The van der Waals surface area contributed by atoms with Crippen molar-refractivity contribution in [2.75, 3.05) is 26.9 Å². The van der Waals surface area contributed by atoms with Crippen LogP contribution in [0.2, 0.25) is 0 Å². The summed E-state index contributed by atoms with van der Waals surface area (Å²) in [5.41, 5.74) is 2.26. The Morgan fingerprint density at radius 3 is 3.04 bits per heavy atom. The second-order valence-corrected chi connectivity index (χ2v) is 5.75. The molecule has 5 heteroatoms. The van der Waals surface area contributed by atoms with Crippen LogP contribution in [-0.2, 0) is 17.7 Å². The first-order valence-electron chi connectivity index (χ1n) is 8.05. The van der Waals surface area contributed by atoms with Gasteiger partial charge in [0.05, 0.1) is 26.0 Å². The number of para-hydroxylation sites is 1. The van der Waals surface area contributed by atoms with Gasteiger partial charge in [0.25, 0.3) is 0 Å². The van der Waals surface area contributed by atoms with Crippen LogP contribution >= 0.6 is 0 Å². The molecule has 1 aliphatic heterocycles. The summed E-state index contributed by atoms with van der Waals surface area (Å²) in [5.74, 6) is 0.951. The van der Waals surface area contributed by atoms with Gasteiger partial charge in [0.15, 0.2) is 0 Å². The Labute approximate surface area is 137 Å². The van der Waals surface area contributed by atoms with Crippen LogP contribution in [0.25, 0.3) is 0 Å². The van der Waals surface area contributed by atoms with E-state index in [4.69, 9.17) is 9.47 Å². The molecule has 2 aromatic rings. The van der Waals surface area contributed by atoms with E-state index in [2.05, 4.69) is 27.0 Å². The number of methoxy groups -OCH3 is 1. The molecule has 0 bridgehead atoms. The second kappa shape index (κ2) is 8.04. The minimum atomic E-state index is 0.399. The van der Waals surface area contributed by atoms with Crippen LogP contribution in [-0.4, -0.2) is 47.8 Å². The lowest BCUT2D eigenvalue weighted by atomic mass is 10.1. The molecule has 0 amide bonds. The Kier molecular flexibility index (Phi) is 5.56. The topological polar surface area (TPSA) is 47.5 Å². The number of hydrogen-bond acceptors (Lipinski definition) is 5. The summed E-state index contributed by atoms with van der Waals surface area (Å²) in [4.78, 5) is 11.0.